The molecule has 0 aliphatic heterocycles. The number of aromatic amines is 1. The summed E-state index contributed by atoms with van der Waals surface area (Å²) in [5.41, 5.74) is 5.28. The number of aromatic nitrogens is 5. The number of hydrogen-bond donors (Lipinski definition) is 2. The molecule has 0 atom stereocenters. The van der Waals surface area contributed by atoms with Crippen LogP contribution in [-0.2, 0) is 11.2 Å². The number of hydrogen-bond acceptors (Lipinski definition) is 6. The number of rotatable bonds is 5. The Bertz CT molecular complexity index is 1370. The highest BCUT2D eigenvalue weighted by Crippen LogP contribution is 2.21. The van der Waals surface area contributed by atoms with E-state index in [0.717, 1.165) is 22.5 Å². The van der Waals surface area contributed by atoms with Crippen LogP contribution in [0, 0.1) is 25.2 Å². The molecule has 0 spiro atoms. The number of fused-ring (bicyclic) bond motifs is 1. The molecule has 0 aliphatic rings. The van der Waals surface area contributed by atoms with Crippen LogP contribution in [0.25, 0.3) is 16.9 Å². The summed E-state index contributed by atoms with van der Waals surface area (Å²) in [6, 6.07) is 12.4. The van der Waals surface area contributed by atoms with Crippen LogP contribution in [0.15, 0.2) is 47.4 Å². The molecule has 0 saturated carbocycles. The minimum atomic E-state index is -0.273. The Morgan fingerprint density at radius 1 is 1.26 bits per heavy atom. The van der Waals surface area contributed by atoms with Gasteiger partial charge in [0.25, 0.3) is 5.56 Å². The van der Waals surface area contributed by atoms with Crippen molar-refractivity contribution < 1.29 is 4.79 Å². The minimum absolute atomic E-state index is 0.136. The van der Waals surface area contributed by atoms with Crippen LogP contribution < -0.4 is 10.9 Å². The van der Waals surface area contributed by atoms with Crippen molar-refractivity contribution in [3.05, 3.63) is 75.5 Å². The monoisotopic (exact) mass is 413 g/mol. The predicted octanol–water partition coefficient (Wildman–Crippen LogP) is 2.54. The summed E-state index contributed by atoms with van der Waals surface area (Å²) in [7, 11) is 0. The van der Waals surface area contributed by atoms with E-state index in [1.165, 1.54) is 12.3 Å². The second kappa shape index (κ2) is 8.20. The Kier molecular flexibility index (Phi) is 5.28. The molecule has 1 amide bonds. The van der Waals surface area contributed by atoms with Gasteiger partial charge in [0.05, 0.1) is 11.9 Å². The Morgan fingerprint density at radius 3 is 2.84 bits per heavy atom. The average molecular weight is 413 g/mol. The molecule has 0 fully saturated rings. The van der Waals surface area contributed by atoms with E-state index < -0.39 is 0 Å². The van der Waals surface area contributed by atoms with Gasteiger partial charge in [-0.15, -0.1) is 0 Å². The van der Waals surface area contributed by atoms with Crippen molar-refractivity contribution in [2.75, 3.05) is 5.32 Å². The van der Waals surface area contributed by atoms with E-state index in [1.807, 2.05) is 26.0 Å². The summed E-state index contributed by atoms with van der Waals surface area (Å²) in [6.07, 6.45) is 2.26. The second-order valence-corrected chi connectivity index (χ2v) is 7.10. The first kappa shape index (κ1) is 20.0. The van der Waals surface area contributed by atoms with E-state index in [2.05, 4.69) is 31.7 Å². The highest BCUT2D eigenvalue weighted by atomic mass is 16.1. The van der Waals surface area contributed by atoms with Gasteiger partial charge in [0.1, 0.15) is 11.6 Å². The third kappa shape index (κ3) is 4.04. The molecule has 9 nitrogen and oxygen atoms in total. The zero-order valence-electron chi connectivity index (χ0n) is 17.0. The maximum atomic E-state index is 12.6. The number of anilines is 1. The lowest BCUT2D eigenvalue weighted by atomic mass is 10.1. The standard InChI is InChI=1S/C22H19N7O2/c1-13-18(14(2)29-22(25-13)16(11-23)12-24-29)6-8-20(30)26-17-5-3-4-15(10-17)19-7-9-21(31)28-27-19/h3-5,7,9-10,12H,6,8H2,1-2H3,(H,26,30)(H,28,31). The highest BCUT2D eigenvalue weighted by molar-refractivity contribution is 5.91. The van der Waals surface area contributed by atoms with Crippen molar-refractivity contribution in [1.82, 2.24) is 24.8 Å². The summed E-state index contributed by atoms with van der Waals surface area (Å²) in [4.78, 5) is 28.2. The van der Waals surface area contributed by atoms with Gasteiger partial charge in [-0.2, -0.15) is 15.5 Å². The molecule has 0 saturated heterocycles. The van der Waals surface area contributed by atoms with Crippen molar-refractivity contribution in [2.45, 2.75) is 26.7 Å². The molecule has 1 aromatic carbocycles. The highest BCUT2D eigenvalue weighted by Gasteiger charge is 2.15. The van der Waals surface area contributed by atoms with E-state index in [9.17, 15) is 14.9 Å². The van der Waals surface area contributed by atoms with Gasteiger partial charge in [-0.1, -0.05) is 12.1 Å². The van der Waals surface area contributed by atoms with Gasteiger partial charge in [-0.25, -0.2) is 14.6 Å². The van der Waals surface area contributed by atoms with Gasteiger partial charge in [-0.3, -0.25) is 9.59 Å². The molecular weight excluding hydrogens is 394 g/mol. The zero-order chi connectivity index (χ0) is 22.0. The first-order chi connectivity index (χ1) is 15.0. The third-order valence-electron chi connectivity index (χ3n) is 5.05. The molecule has 0 bridgehead atoms. The first-order valence-corrected chi connectivity index (χ1v) is 9.66. The van der Waals surface area contributed by atoms with Crippen LogP contribution in [0.2, 0.25) is 0 Å². The number of carbonyl (C=O) groups excluding carboxylic acids is 1. The number of nitrogens with one attached hydrogen (secondary N) is 2. The smallest absolute Gasteiger partial charge is 0.264 e. The minimum Gasteiger partial charge on any atom is -0.326 e. The number of carbonyl (C=O) groups is 1. The molecule has 4 aromatic rings. The maximum absolute atomic E-state index is 12.6. The number of benzene rings is 1. The van der Waals surface area contributed by atoms with Crippen LogP contribution in [0.4, 0.5) is 5.69 Å². The summed E-state index contributed by atoms with van der Waals surface area (Å²) < 4.78 is 1.64. The van der Waals surface area contributed by atoms with E-state index in [-0.39, 0.29) is 17.9 Å². The first-order valence-electron chi connectivity index (χ1n) is 9.66. The van der Waals surface area contributed by atoms with Gasteiger partial charge < -0.3 is 5.32 Å². The number of nitrogens with zero attached hydrogens (tertiary/aromatic N) is 5. The van der Waals surface area contributed by atoms with Crippen LogP contribution in [0.5, 0.6) is 0 Å². The quantitative estimate of drug-likeness (QED) is 0.517. The lowest BCUT2D eigenvalue weighted by Gasteiger charge is -2.11. The molecule has 9 heteroatoms. The summed E-state index contributed by atoms with van der Waals surface area (Å²) in [6.45, 7) is 3.78. The topological polar surface area (TPSA) is 129 Å². The fourth-order valence-corrected chi connectivity index (χ4v) is 3.48. The van der Waals surface area contributed by atoms with Gasteiger partial charge in [-0.05, 0) is 44.0 Å². The fraction of sp³-hybridized carbons (Fsp3) is 0.182. The maximum Gasteiger partial charge on any atom is 0.264 e. The van der Waals surface area contributed by atoms with Crippen LogP contribution in [0.3, 0.4) is 0 Å². The molecule has 2 N–H and O–H groups in total. The predicted molar refractivity (Wildman–Crippen MR) is 114 cm³/mol. The van der Waals surface area contributed by atoms with Crippen molar-refractivity contribution in [1.29, 1.82) is 5.26 Å². The Balaban J connectivity index is 1.48. The third-order valence-corrected chi connectivity index (χ3v) is 5.05. The van der Waals surface area contributed by atoms with E-state index in [0.29, 0.717) is 29.0 Å². The molecule has 3 heterocycles. The summed E-state index contributed by atoms with van der Waals surface area (Å²) in [5, 5.41) is 22.7. The molecule has 3 aromatic heterocycles. The number of nitriles is 1. The van der Waals surface area contributed by atoms with E-state index >= 15 is 0 Å². The molecule has 154 valence electrons. The van der Waals surface area contributed by atoms with Crippen molar-refractivity contribution in [3.8, 4) is 17.3 Å². The van der Waals surface area contributed by atoms with Gasteiger partial charge in [0.15, 0.2) is 5.65 Å². The Morgan fingerprint density at radius 2 is 2.10 bits per heavy atom. The van der Waals surface area contributed by atoms with Gasteiger partial charge >= 0.3 is 0 Å². The van der Waals surface area contributed by atoms with Crippen molar-refractivity contribution >= 4 is 17.2 Å². The number of amides is 1. The number of aryl methyl sites for hydroxylation is 2. The van der Waals surface area contributed by atoms with Crippen LogP contribution >= 0.6 is 0 Å². The van der Waals surface area contributed by atoms with Crippen LogP contribution in [-0.4, -0.2) is 30.7 Å². The summed E-state index contributed by atoms with van der Waals surface area (Å²) in [5.74, 6) is -0.136. The molecule has 0 unspecified atom stereocenters. The molecular formula is C22H19N7O2. The largest absolute Gasteiger partial charge is 0.326 e. The average Bonchev–Trinajstić information content (AvgIpc) is 3.17. The lowest BCUT2D eigenvalue weighted by molar-refractivity contribution is -0.116. The molecule has 31 heavy (non-hydrogen) atoms. The van der Waals surface area contributed by atoms with E-state index in [4.69, 9.17) is 0 Å². The van der Waals surface area contributed by atoms with E-state index in [1.54, 1.807) is 22.7 Å². The molecule has 4 rings (SSSR count). The van der Waals surface area contributed by atoms with Crippen molar-refractivity contribution in [2.24, 2.45) is 0 Å². The SMILES string of the molecule is Cc1nc2c(C#N)cnn2c(C)c1CCC(=O)Nc1cccc(-c2ccc(=O)[nH]n2)c1. The Labute approximate surface area is 177 Å². The molecule has 0 aliphatic carbocycles. The fourth-order valence-electron chi connectivity index (χ4n) is 3.48. The number of H-pyrrole nitrogens is 1. The van der Waals surface area contributed by atoms with Gasteiger partial charge in [0.2, 0.25) is 5.91 Å². The van der Waals surface area contributed by atoms with Gasteiger partial charge in [0, 0.05) is 35.1 Å². The second-order valence-electron chi connectivity index (χ2n) is 7.10. The lowest BCUT2D eigenvalue weighted by Crippen LogP contribution is -2.14. The van der Waals surface area contributed by atoms with Crippen molar-refractivity contribution in [3.63, 3.8) is 0 Å². The zero-order valence-corrected chi connectivity index (χ0v) is 17.0. The molecule has 0 radical (unpaired) electrons. The normalized spacial score (nSPS) is 10.7. The Hall–Kier alpha value is -4.32. The summed E-state index contributed by atoms with van der Waals surface area (Å²) >= 11 is 0. The van der Waals surface area contributed by atoms with Crippen LogP contribution in [0.1, 0.15) is 28.9 Å².